The first kappa shape index (κ1) is 101. The van der Waals surface area contributed by atoms with E-state index in [1.54, 1.807) is 0 Å². The van der Waals surface area contributed by atoms with Crippen LogP contribution in [0.3, 0.4) is 0 Å². The van der Waals surface area contributed by atoms with Crippen LogP contribution in [0.25, 0.3) is 0 Å². The Morgan fingerprint density at radius 3 is 0.738 bits per heavy atom. The van der Waals surface area contributed by atoms with E-state index in [1.165, 1.54) is 244 Å². The molecule has 3 N–H and O–H groups in total. The van der Waals surface area contributed by atoms with Gasteiger partial charge in [-0.1, -0.05) is 389 Å². The lowest BCUT2D eigenvalue weighted by Crippen LogP contribution is -2.30. The summed E-state index contributed by atoms with van der Waals surface area (Å²) in [5.74, 6) is 0.234. The molecule has 0 aromatic rings. The molecule has 0 aliphatic heterocycles. The number of aliphatic hydroxyl groups excluding tert-OH is 1. The van der Waals surface area contributed by atoms with E-state index in [9.17, 15) is 43.2 Å². The van der Waals surface area contributed by atoms with Gasteiger partial charge in [-0.25, -0.2) is 9.13 Å². The molecule has 0 spiro atoms. The number of hydrogen-bond donors (Lipinski definition) is 3. The highest BCUT2D eigenvalue weighted by molar-refractivity contribution is 7.47. The van der Waals surface area contributed by atoms with Gasteiger partial charge in [-0.15, -0.1) is 0 Å². The van der Waals surface area contributed by atoms with Crippen LogP contribution < -0.4 is 0 Å². The first-order chi connectivity index (χ1) is 49.8. The maximum atomic E-state index is 13.1. The predicted molar refractivity (Wildman–Crippen MR) is 423 cm³/mol. The Bertz CT molecular complexity index is 2000. The van der Waals surface area contributed by atoms with Crippen LogP contribution in [0.5, 0.6) is 0 Å². The summed E-state index contributed by atoms with van der Waals surface area (Å²) in [6.07, 6.45) is 64.0. The van der Waals surface area contributed by atoms with E-state index in [-0.39, 0.29) is 25.7 Å². The van der Waals surface area contributed by atoms with Gasteiger partial charge in [-0.05, 0) is 43.4 Å². The average Bonchev–Trinajstić information content (AvgIpc) is 0.921. The summed E-state index contributed by atoms with van der Waals surface area (Å²) in [7, 11) is -9.92. The number of phosphoric ester groups is 2. The van der Waals surface area contributed by atoms with Crippen LogP contribution in [0.4, 0.5) is 0 Å². The second-order valence-corrected chi connectivity index (χ2v) is 34.1. The van der Waals surface area contributed by atoms with Gasteiger partial charge in [0, 0.05) is 25.7 Å². The van der Waals surface area contributed by atoms with Crippen molar-refractivity contribution in [2.45, 2.75) is 458 Å². The molecule has 103 heavy (non-hydrogen) atoms. The van der Waals surface area contributed by atoms with Gasteiger partial charge in [-0.2, -0.15) is 0 Å². The van der Waals surface area contributed by atoms with E-state index in [0.717, 1.165) is 108 Å². The first-order valence-electron chi connectivity index (χ1n) is 43.4. The summed E-state index contributed by atoms with van der Waals surface area (Å²) >= 11 is 0. The summed E-state index contributed by atoms with van der Waals surface area (Å²) in [6, 6.07) is 0. The van der Waals surface area contributed by atoms with Crippen molar-refractivity contribution in [2.24, 2.45) is 17.8 Å². The Kier molecular flexibility index (Phi) is 72.8. The van der Waals surface area contributed by atoms with Crippen molar-refractivity contribution in [1.29, 1.82) is 0 Å². The fourth-order valence-electron chi connectivity index (χ4n) is 13.0. The van der Waals surface area contributed by atoms with Gasteiger partial charge in [0.15, 0.2) is 12.2 Å². The number of ether oxygens (including phenoxy) is 4. The largest absolute Gasteiger partial charge is 0.472 e. The predicted octanol–water partition coefficient (Wildman–Crippen LogP) is 25.3. The normalized spacial score (nSPS) is 14.4. The Morgan fingerprint density at radius 2 is 0.495 bits per heavy atom. The molecule has 4 unspecified atom stereocenters. The molecule has 0 aliphatic rings. The van der Waals surface area contributed by atoms with Crippen LogP contribution in [0.15, 0.2) is 0 Å². The van der Waals surface area contributed by atoms with E-state index >= 15 is 0 Å². The standard InChI is InChI=1S/C84H164O17P2/c1-8-11-12-13-14-15-16-17-18-19-20-24-27-30-33-36-44-51-58-65-81(86)94-71-79(100-83(88)67-60-53-45-37-34-31-28-25-22-21-23-26-29-32-35-42-49-56-63-76(6)9-2)73-98-102(90,91)96-69-78(85)70-97-103(92,93)99-74-80(72-95-82(87)66-59-52-47-40-41-48-55-62-75(4)5)101-84(89)68-61-54-46-39-38-43-50-57-64-77(7)10-3/h75-80,85H,8-74H2,1-7H3,(H,90,91)(H,92,93)/t76?,77?,78-,79-,80-/m1/s1. The maximum Gasteiger partial charge on any atom is 0.472 e. The summed E-state index contributed by atoms with van der Waals surface area (Å²) in [5, 5.41) is 10.7. The van der Waals surface area contributed by atoms with E-state index in [4.69, 9.17) is 37.0 Å². The van der Waals surface area contributed by atoms with Gasteiger partial charge in [0.2, 0.25) is 0 Å². The molecule has 0 bridgehead atoms. The van der Waals surface area contributed by atoms with E-state index in [2.05, 4.69) is 48.5 Å². The van der Waals surface area contributed by atoms with Crippen LogP contribution in [0.1, 0.15) is 440 Å². The molecule has 0 rings (SSSR count). The monoisotopic (exact) mass is 1510 g/mol. The van der Waals surface area contributed by atoms with Crippen molar-refractivity contribution in [3.63, 3.8) is 0 Å². The average molecular weight is 1510 g/mol. The lowest BCUT2D eigenvalue weighted by Gasteiger charge is -2.21. The van der Waals surface area contributed by atoms with Crippen LogP contribution >= 0.6 is 15.6 Å². The van der Waals surface area contributed by atoms with Crippen LogP contribution in [-0.2, 0) is 65.4 Å². The molecule has 0 aromatic carbocycles. The molecule has 0 heterocycles. The number of carbonyl (C=O) groups excluding carboxylic acids is 4. The zero-order valence-electron chi connectivity index (χ0n) is 67.8. The van der Waals surface area contributed by atoms with Gasteiger partial charge >= 0.3 is 39.5 Å². The SMILES string of the molecule is CCCCCCCCCCCCCCCCCCCCCC(=O)OC[C@H](COP(=O)(O)OC[C@@H](O)COP(=O)(O)OC[C@@H](COC(=O)CCCCCCCCCC(C)C)OC(=O)CCCCCCCCCCC(C)CC)OC(=O)CCCCCCCCCCCCCCCCCCCCC(C)CC. The highest BCUT2D eigenvalue weighted by Gasteiger charge is 2.30. The summed E-state index contributed by atoms with van der Waals surface area (Å²) in [5.41, 5.74) is 0. The highest BCUT2D eigenvalue weighted by atomic mass is 31.2. The third-order valence-corrected chi connectivity index (χ3v) is 22.3. The third kappa shape index (κ3) is 75.3. The lowest BCUT2D eigenvalue weighted by atomic mass is 9.99. The van der Waals surface area contributed by atoms with Crippen LogP contribution in [0, 0.1) is 17.8 Å². The second-order valence-electron chi connectivity index (χ2n) is 31.2. The van der Waals surface area contributed by atoms with Crippen molar-refractivity contribution < 1.29 is 80.2 Å². The van der Waals surface area contributed by atoms with E-state index in [0.29, 0.717) is 31.6 Å². The molecule has 0 aromatic heterocycles. The fourth-order valence-corrected chi connectivity index (χ4v) is 14.5. The number of esters is 4. The minimum atomic E-state index is -4.96. The highest BCUT2D eigenvalue weighted by Crippen LogP contribution is 2.45. The van der Waals surface area contributed by atoms with Crippen molar-refractivity contribution in [1.82, 2.24) is 0 Å². The number of phosphoric acid groups is 2. The Morgan fingerprint density at radius 1 is 0.282 bits per heavy atom. The molecule has 0 saturated carbocycles. The smallest absolute Gasteiger partial charge is 0.462 e. The number of carbonyl (C=O) groups is 4. The molecular weight excluding hydrogens is 1340 g/mol. The first-order valence-corrected chi connectivity index (χ1v) is 46.4. The number of hydrogen-bond acceptors (Lipinski definition) is 15. The zero-order valence-corrected chi connectivity index (χ0v) is 69.6. The fraction of sp³-hybridized carbons (Fsp3) is 0.952. The summed E-state index contributed by atoms with van der Waals surface area (Å²) < 4.78 is 68.8. The molecule has 7 atom stereocenters. The van der Waals surface area contributed by atoms with Crippen LogP contribution in [0.2, 0.25) is 0 Å². The number of unbranched alkanes of at least 4 members (excludes halogenated alkanes) is 48. The Labute approximate surface area is 632 Å². The van der Waals surface area contributed by atoms with Gasteiger partial charge in [-0.3, -0.25) is 37.3 Å². The zero-order chi connectivity index (χ0) is 75.8. The molecule has 0 saturated heterocycles. The van der Waals surface area contributed by atoms with Crippen LogP contribution in [-0.4, -0.2) is 96.7 Å². The summed E-state index contributed by atoms with van der Waals surface area (Å²) in [6.45, 7) is 12.0. The molecule has 0 amide bonds. The molecule has 0 fully saturated rings. The minimum Gasteiger partial charge on any atom is -0.462 e. The lowest BCUT2D eigenvalue weighted by molar-refractivity contribution is -0.161. The van der Waals surface area contributed by atoms with Gasteiger partial charge in [0.05, 0.1) is 26.4 Å². The Balaban J connectivity index is 5.21. The van der Waals surface area contributed by atoms with Gasteiger partial charge in [0.1, 0.15) is 19.3 Å². The van der Waals surface area contributed by atoms with E-state index in [1.807, 2.05) is 0 Å². The molecule has 612 valence electrons. The van der Waals surface area contributed by atoms with Crippen molar-refractivity contribution >= 4 is 39.5 Å². The molecule has 19 heteroatoms. The quantitative estimate of drug-likeness (QED) is 0.0222. The topological polar surface area (TPSA) is 237 Å². The number of aliphatic hydroxyl groups is 1. The molecular formula is C84H164O17P2. The second kappa shape index (κ2) is 74.2. The van der Waals surface area contributed by atoms with Crippen molar-refractivity contribution in [3.8, 4) is 0 Å². The van der Waals surface area contributed by atoms with Gasteiger partial charge < -0.3 is 33.8 Å². The minimum absolute atomic E-state index is 0.104. The summed E-state index contributed by atoms with van der Waals surface area (Å²) in [4.78, 5) is 73.1. The molecule has 0 radical (unpaired) electrons. The van der Waals surface area contributed by atoms with E-state index < -0.39 is 97.5 Å². The third-order valence-electron chi connectivity index (χ3n) is 20.4. The Hall–Kier alpha value is -1.94. The maximum absolute atomic E-state index is 13.1. The van der Waals surface area contributed by atoms with Crippen molar-refractivity contribution in [3.05, 3.63) is 0 Å². The number of rotatable bonds is 82. The van der Waals surface area contributed by atoms with Crippen molar-refractivity contribution in [2.75, 3.05) is 39.6 Å². The molecule has 0 aliphatic carbocycles. The molecule has 17 nitrogen and oxygen atoms in total. The van der Waals surface area contributed by atoms with Gasteiger partial charge in [0.25, 0.3) is 0 Å².